The molecule has 0 aliphatic rings. The molecule has 0 amide bonds. The zero-order valence-electron chi connectivity index (χ0n) is 15.5. The van der Waals surface area contributed by atoms with Gasteiger partial charge in [-0.3, -0.25) is 0 Å². The fourth-order valence-electron chi connectivity index (χ4n) is 3.04. The molecule has 0 spiro atoms. The minimum atomic E-state index is 0.305. The minimum absolute atomic E-state index is 0.305. The number of aromatic nitrogens is 4. The first kappa shape index (κ1) is 17.4. The highest BCUT2D eigenvalue weighted by Gasteiger charge is 2.14. The van der Waals surface area contributed by atoms with Crippen molar-refractivity contribution in [1.29, 1.82) is 0 Å². The molecule has 25 heavy (non-hydrogen) atoms. The monoisotopic (exact) mass is 339 g/mol. The highest BCUT2D eigenvalue weighted by atomic mass is 16.5. The minimum Gasteiger partial charge on any atom is -0.334 e. The van der Waals surface area contributed by atoms with Crippen molar-refractivity contribution in [3.63, 3.8) is 0 Å². The van der Waals surface area contributed by atoms with E-state index in [0.29, 0.717) is 17.8 Å². The molecule has 0 saturated heterocycles. The van der Waals surface area contributed by atoms with E-state index in [1.54, 1.807) is 0 Å². The Hall–Kier alpha value is -2.47. The molecule has 0 aliphatic carbocycles. The normalized spacial score (nSPS) is 12.5. The van der Waals surface area contributed by atoms with Crippen molar-refractivity contribution in [2.75, 3.05) is 7.05 Å². The standard InChI is InChI=1S/C19H25N5O/c1-6-17-13(3)22-24(14(17)4)16-9-7-8-15(11-16)19-21-18(23-25-19)10-12(2)20-5/h7-9,11-12,20H,6,10H2,1-5H3. The van der Waals surface area contributed by atoms with Gasteiger partial charge in [0.2, 0.25) is 0 Å². The fraction of sp³-hybridized carbons (Fsp3) is 0.421. The highest BCUT2D eigenvalue weighted by Crippen LogP contribution is 2.23. The van der Waals surface area contributed by atoms with Crippen LogP contribution in [0.25, 0.3) is 17.1 Å². The number of hydrogen-bond acceptors (Lipinski definition) is 5. The van der Waals surface area contributed by atoms with E-state index in [1.165, 1.54) is 11.3 Å². The lowest BCUT2D eigenvalue weighted by molar-refractivity contribution is 0.418. The Kier molecular flexibility index (Phi) is 4.99. The summed E-state index contributed by atoms with van der Waals surface area (Å²) in [6.45, 7) is 8.41. The zero-order chi connectivity index (χ0) is 18.0. The first-order valence-electron chi connectivity index (χ1n) is 8.69. The van der Waals surface area contributed by atoms with E-state index >= 15 is 0 Å². The van der Waals surface area contributed by atoms with Gasteiger partial charge in [-0.05, 0) is 58.0 Å². The van der Waals surface area contributed by atoms with Crippen LogP contribution in [0.2, 0.25) is 0 Å². The maximum Gasteiger partial charge on any atom is 0.257 e. The quantitative estimate of drug-likeness (QED) is 0.746. The van der Waals surface area contributed by atoms with Crippen LogP contribution < -0.4 is 5.32 Å². The third-order valence-corrected chi connectivity index (χ3v) is 4.58. The fourth-order valence-corrected chi connectivity index (χ4v) is 3.04. The lowest BCUT2D eigenvalue weighted by Crippen LogP contribution is -2.24. The average Bonchev–Trinajstić information content (AvgIpc) is 3.19. The summed E-state index contributed by atoms with van der Waals surface area (Å²) in [4.78, 5) is 4.52. The van der Waals surface area contributed by atoms with Crippen LogP contribution in [0.15, 0.2) is 28.8 Å². The number of aryl methyl sites for hydroxylation is 1. The zero-order valence-corrected chi connectivity index (χ0v) is 15.5. The van der Waals surface area contributed by atoms with Crippen molar-refractivity contribution >= 4 is 0 Å². The van der Waals surface area contributed by atoms with E-state index in [-0.39, 0.29) is 0 Å². The van der Waals surface area contributed by atoms with Gasteiger partial charge in [0.05, 0.1) is 11.4 Å². The van der Waals surface area contributed by atoms with Crippen molar-refractivity contribution in [2.24, 2.45) is 0 Å². The van der Waals surface area contributed by atoms with Crippen LogP contribution in [0.5, 0.6) is 0 Å². The Morgan fingerprint density at radius 1 is 1.28 bits per heavy atom. The van der Waals surface area contributed by atoms with Gasteiger partial charge >= 0.3 is 0 Å². The summed E-state index contributed by atoms with van der Waals surface area (Å²) in [6.07, 6.45) is 1.71. The molecule has 1 aromatic carbocycles. The molecule has 0 saturated carbocycles. The van der Waals surface area contributed by atoms with Gasteiger partial charge in [0.1, 0.15) is 0 Å². The Bertz CT molecular complexity index is 865. The molecule has 6 heteroatoms. The average molecular weight is 339 g/mol. The van der Waals surface area contributed by atoms with Gasteiger partial charge in [0.15, 0.2) is 5.82 Å². The van der Waals surface area contributed by atoms with Gasteiger partial charge in [0, 0.05) is 23.7 Å². The molecular weight excluding hydrogens is 314 g/mol. The molecule has 132 valence electrons. The molecule has 1 N–H and O–H groups in total. The van der Waals surface area contributed by atoms with Gasteiger partial charge in [0.25, 0.3) is 5.89 Å². The summed E-state index contributed by atoms with van der Waals surface area (Å²) in [7, 11) is 1.92. The van der Waals surface area contributed by atoms with Crippen LogP contribution in [0.3, 0.4) is 0 Å². The van der Waals surface area contributed by atoms with Crippen LogP contribution in [0.4, 0.5) is 0 Å². The third kappa shape index (κ3) is 3.49. The SMILES string of the molecule is CCc1c(C)nn(-c2cccc(-c3nc(CC(C)NC)no3)c2)c1C. The van der Waals surface area contributed by atoms with Gasteiger partial charge in [-0.2, -0.15) is 10.1 Å². The van der Waals surface area contributed by atoms with Crippen molar-refractivity contribution in [1.82, 2.24) is 25.2 Å². The van der Waals surface area contributed by atoms with E-state index in [0.717, 1.165) is 29.8 Å². The third-order valence-electron chi connectivity index (χ3n) is 4.58. The Labute approximate surface area is 148 Å². The van der Waals surface area contributed by atoms with Gasteiger partial charge in [-0.15, -0.1) is 0 Å². The lowest BCUT2D eigenvalue weighted by atomic mass is 10.1. The van der Waals surface area contributed by atoms with Gasteiger partial charge in [-0.25, -0.2) is 4.68 Å². The molecule has 3 rings (SSSR count). The summed E-state index contributed by atoms with van der Waals surface area (Å²) in [6, 6.07) is 8.36. The number of hydrogen-bond donors (Lipinski definition) is 1. The molecule has 0 aliphatic heterocycles. The van der Waals surface area contributed by atoms with Crippen LogP contribution in [0, 0.1) is 13.8 Å². The maximum atomic E-state index is 5.45. The number of nitrogens with one attached hydrogen (secondary N) is 1. The van der Waals surface area contributed by atoms with Crippen molar-refractivity contribution in [2.45, 2.75) is 46.6 Å². The van der Waals surface area contributed by atoms with E-state index in [1.807, 2.05) is 36.0 Å². The van der Waals surface area contributed by atoms with Crippen molar-refractivity contribution in [3.05, 3.63) is 47.0 Å². The Morgan fingerprint density at radius 2 is 2.08 bits per heavy atom. The topological polar surface area (TPSA) is 68.8 Å². The molecule has 2 heterocycles. The maximum absolute atomic E-state index is 5.45. The highest BCUT2D eigenvalue weighted by molar-refractivity contribution is 5.57. The Morgan fingerprint density at radius 3 is 2.76 bits per heavy atom. The van der Waals surface area contributed by atoms with E-state index < -0.39 is 0 Å². The molecule has 1 unspecified atom stereocenters. The summed E-state index contributed by atoms with van der Waals surface area (Å²) >= 11 is 0. The summed E-state index contributed by atoms with van der Waals surface area (Å²) < 4.78 is 7.43. The number of benzene rings is 1. The smallest absolute Gasteiger partial charge is 0.257 e. The van der Waals surface area contributed by atoms with Crippen LogP contribution >= 0.6 is 0 Å². The second-order valence-corrected chi connectivity index (χ2v) is 6.37. The number of rotatable bonds is 6. The van der Waals surface area contributed by atoms with Gasteiger partial charge in [-0.1, -0.05) is 18.1 Å². The summed E-state index contributed by atoms with van der Waals surface area (Å²) in [5.74, 6) is 1.25. The molecule has 1 atom stereocenters. The van der Waals surface area contributed by atoms with E-state index in [4.69, 9.17) is 4.52 Å². The van der Waals surface area contributed by atoms with Crippen LogP contribution in [-0.2, 0) is 12.8 Å². The second kappa shape index (κ2) is 7.19. The first-order valence-corrected chi connectivity index (χ1v) is 8.69. The van der Waals surface area contributed by atoms with Crippen LogP contribution in [-0.4, -0.2) is 33.0 Å². The van der Waals surface area contributed by atoms with Crippen molar-refractivity contribution < 1.29 is 4.52 Å². The predicted molar refractivity (Wildman–Crippen MR) is 97.9 cm³/mol. The largest absolute Gasteiger partial charge is 0.334 e. The van der Waals surface area contributed by atoms with Gasteiger partial charge < -0.3 is 9.84 Å². The molecule has 0 radical (unpaired) electrons. The predicted octanol–water partition coefficient (Wildman–Crippen LogP) is 3.25. The van der Waals surface area contributed by atoms with E-state index in [9.17, 15) is 0 Å². The van der Waals surface area contributed by atoms with Crippen molar-refractivity contribution in [3.8, 4) is 17.1 Å². The van der Waals surface area contributed by atoms with E-state index in [2.05, 4.69) is 48.3 Å². The molecule has 2 aromatic heterocycles. The molecule has 0 bridgehead atoms. The number of nitrogens with zero attached hydrogens (tertiary/aromatic N) is 4. The number of likely N-dealkylation sites (N-methyl/N-ethyl adjacent to an activating group) is 1. The summed E-state index contributed by atoms with van der Waals surface area (Å²) in [5, 5.41) is 11.9. The molecular formula is C19H25N5O. The first-order chi connectivity index (χ1) is 12.0. The molecule has 3 aromatic rings. The Balaban J connectivity index is 1.92. The lowest BCUT2D eigenvalue weighted by Gasteiger charge is -2.06. The second-order valence-electron chi connectivity index (χ2n) is 6.37. The molecule has 0 fully saturated rings. The summed E-state index contributed by atoms with van der Waals surface area (Å²) in [5.41, 5.74) is 5.45. The molecule has 6 nitrogen and oxygen atoms in total. The van der Waals surface area contributed by atoms with Crippen LogP contribution in [0.1, 0.15) is 36.6 Å².